The Morgan fingerprint density at radius 3 is 1.62 bits per heavy atom. The molecule has 5 nitrogen and oxygen atoms in total. The molecule has 3 aromatic rings. The van der Waals surface area contributed by atoms with E-state index in [0.29, 0.717) is 0 Å². The first-order valence-corrected chi connectivity index (χ1v) is 4.42. The van der Waals surface area contributed by atoms with Crippen molar-refractivity contribution in [2.45, 2.75) is 0 Å². The van der Waals surface area contributed by atoms with Crippen LogP contribution in [0, 0.1) is 0 Å². The number of H-pyrrole nitrogens is 1. The van der Waals surface area contributed by atoms with Crippen LogP contribution < -0.4 is 0 Å². The molecule has 0 atom stereocenters. The van der Waals surface area contributed by atoms with Crippen LogP contribution in [-0.2, 0) is 27.3 Å². The van der Waals surface area contributed by atoms with E-state index in [1.54, 1.807) is 24.8 Å². The first-order chi connectivity index (χ1) is 7.47. The van der Waals surface area contributed by atoms with Gasteiger partial charge < -0.3 is 0 Å². The van der Waals surface area contributed by atoms with E-state index < -0.39 is 0 Å². The summed E-state index contributed by atoms with van der Waals surface area (Å²) in [6.07, 6.45) is 6.56. The van der Waals surface area contributed by atoms with Gasteiger partial charge >= 0.3 is 0 Å². The molecule has 0 radical (unpaired) electrons. The van der Waals surface area contributed by atoms with Crippen molar-refractivity contribution in [3.05, 3.63) is 49.1 Å². The Kier molecular flexibility index (Phi) is 5.54. The summed E-state index contributed by atoms with van der Waals surface area (Å²) in [5, 5.41) is 9.33. The molecule has 1 aromatic carbocycles. The van der Waals surface area contributed by atoms with Gasteiger partial charge in [-0.05, 0) is 12.1 Å². The predicted molar refractivity (Wildman–Crippen MR) is 55.9 cm³/mol. The summed E-state index contributed by atoms with van der Waals surface area (Å²) in [4.78, 5) is 8.24. The van der Waals surface area contributed by atoms with Crippen LogP contribution in [-0.4, -0.2) is 25.4 Å². The molecule has 6 heteroatoms. The number of benzene rings is 1. The van der Waals surface area contributed by atoms with Gasteiger partial charge in [0.1, 0.15) is 0 Å². The number of para-hydroxylation sites is 2. The van der Waals surface area contributed by atoms with Crippen LogP contribution in [0.4, 0.5) is 0 Å². The van der Waals surface area contributed by atoms with Crippen molar-refractivity contribution in [1.82, 2.24) is 25.4 Å². The Hall–Kier alpha value is -1.38. The van der Waals surface area contributed by atoms with Crippen molar-refractivity contribution in [2.24, 2.45) is 0 Å². The van der Waals surface area contributed by atoms with Gasteiger partial charge in [-0.15, -0.1) is 0 Å². The van der Waals surface area contributed by atoms with Gasteiger partial charge in [0, 0.05) is 39.7 Å². The zero-order valence-electron chi connectivity index (χ0n) is 8.61. The number of nitrogens with one attached hydrogen (secondary N) is 1. The summed E-state index contributed by atoms with van der Waals surface area (Å²) in [6, 6.07) is 7.80. The predicted octanol–water partition coefficient (Wildman–Crippen LogP) is 1.43. The molecule has 1 N–H and O–H groups in total. The minimum Gasteiger partial charge on any atom is -0.253 e. The molecule has 0 saturated heterocycles. The molecule has 0 aliphatic carbocycles. The van der Waals surface area contributed by atoms with E-state index in [2.05, 4.69) is 25.4 Å². The molecule has 0 aliphatic rings. The van der Waals surface area contributed by atoms with Crippen LogP contribution >= 0.6 is 0 Å². The Bertz CT molecular complexity index is 429. The zero-order valence-corrected chi connectivity index (χ0v) is 12.7. The van der Waals surface area contributed by atoms with Gasteiger partial charge in [0.2, 0.25) is 0 Å². The fourth-order valence-electron chi connectivity index (χ4n) is 1.08. The van der Waals surface area contributed by atoms with E-state index in [0.717, 1.165) is 11.0 Å². The van der Waals surface area contributed by atoms with Crippen LogP contribution in [0.25, 0.3) is 11.0 Å². The normalized spacial score (nSPS) is 8.75. The van der Waals surface area contributed by atoms with Crippen LogP contribution in [0.15, 0.2) is 49.1 Å². The fourth-order valence-corrected chi connectivity index (χ4v) is 1.08. The Labute approximate surface area is 112 Å². The van der Waals surface area contributed by atoms with Crippen molar-refractivity contribution in [3.63, 3.8) is 0 Å². The number of nitrogens with zero attached hydrogens (tertiary/aromatic N) is 4. The topological polar surface area (TPSA) is 67.3 Å². The van der Waals surface area contributed by atoms with Crippen molar-refractivity contribution in [3.8, 4) is 0 Å². The Morgan fingerprint density at radius 2 is 1.25 bits per heavy atom. The van der Waals surface area contributed by atoms with Gasteiger partial charge in [-0.25, -0.2) is 0 Å². The van der Waals surface area contributed by atoms with Crippen molar-refractivity contribution >= 4 is 11.0 Å². The molecule has 2 heterocycles. The molecule has 3 rings (SSSR count). The second-order valence-corrected chi connectivity index (χ2v) is 2.70. The van der Waals surface area contributed by atoms with Crippen molar-refractivity contribution in [1.29, 1.82) is 0 Å². The van der Waals surface area contributed by atoms with E-state index in [9.17, 15) is 0 Å². The average molecular weight is 312 g/mol. The van der Waals surface area contributed by atoms with Gasteiger partial charge in [0.15, 0.2) is 0 Å². The third-order valence-electron chi connectivity index (χ3n) is 1.71. The van der Waals surface area contributed by atoms with E-state index in [1.807, 2.05) is 24.3 Å². The zero-order chi connectivity index (χ0) is 10.3. The van der Waals surface area contributed by atoms with Crippen molar-refractivity contribution in [2.75, 3.05) is 0 Å². The maximum Gasteiger partial charge on any atom is 0.0886 e. The summed E-state index contributed by atoms with van der Waals surface area (Å²) in [5.74, 6) is 0. The molecule has 0 saturated carbocycles. The fraction of sp³-hybridized carbons (Fsp3) is 0. The molecule has 0 spiro atoms. The van der Waals surface area contributed by atoms with Crippen LogP contribution in [0.5, 0.6) is 0 Å². The maximum atomic E-state index is 4.12. The molecule has 0 bridgehead atoms. The quantitative estimate of drug-likeness (QED) is 0.638. The molecule has 0 amide bonds. The van der Waals surface area contributed by atoms with Gasteiger partial charge in [-0.3, -0.25) is 9.97 Å². The monoisotopic (exact) mass is 313 g/mol. The second-order valence-electron chi connectivity index (χ2n) is 2.70. The minimum atomic E-state index is 0. The van der Waals surface area contributed by atoms with Gasteiger partial charge in [0.25, 0.3) is 0 Å². The number of fused-ring (bicyclic) bond motifs is 1. The van der Waals surface area contributed by atoms with Gasteiger partial charge in [-0.2, -0.15) is 15.4 Å². The molecule has 16 heavy (non-hydrogen) atoms. The number of hydrogen-bond donors (Lipinski definition) is 1. The van der Waals surface area contributed by atoms with Gasteiger partial charge in [-0.1, -0.05) is 12.1 Å². The standard InChI is InChI=1S/C8H6N2.C2H3N3.Cd/c1-2-4-8-7(3-1)9-5-6-10-8;1-2-4-5-3-1;/h1-6H;1-2H,(H,3,4,5);. The maximum absolute atomic E-state index is 4.12. The molecule has 0 aliphatic heterocycles. The summed E-state index contributed by atoms with van der Waals surface area (Å²) >= 11 is 0. The molecular formula is C10H9CdN5. The molecular weight excluding hydrogens is 303 g/mol. The summed E-state index contributed by atoms with van der Waals surface area (Å²) in [5.41, 5.74) is 1.90. The molecule has 76 valence electrons. The third kappa shape index (κ3) is 3.65. The second kappa shape index (κ2) is 6.99. The SMILES string of the molecule is [Cd].c1ccc2nccnc2c1.c1cn[nH]n1. The average Bonchev–Trinajstić information content (AvgIpc) is 2.88. The van der Waals surface area contributed by atoms with E-state index >= 15 is 0 Å². The molecule has 2 aromatic heterocycles. The van der Waals surface area contributed by atoms with Crippen LogP contribution in [0.2, 0.25) is 0 Å². The summed E-state index contributed by atoms with van der Waals surface area (Å²) in [6.45, 7) is 0. The van der Waals surface area contributed by atoms with Gasteiger partial charge in [0.05, 0.1) is 23.4 Å². The van der Waals surface area contributed by atoms with E-state index in [-0.39, 0.29) is 27.3 Å². The van der Waals surface area contributed by atoms with Crippen LogP contribution in [0.3, 0.4) is 0 Å². The Balaban J connectivity index is 0.000000183. The smallest absolute Gasteiger partial charge is 0.0886 e. The first-order valence-electron chi connectivity index (χ1n) is 4.42. The number of aromatic amines is 1. The summed E-state index contributed by atoms with van der Waals surface area (Å²) < 4.78 is 0. The largest absolute Gasteiger partial charge is 0.253 e. The Morgan fingerprint density at radius 1 is 0.750 bits per heavy atom. The molecule has 0 unspecified atom stereocenters. The number of rotatable bonds is 0. The van der Waals surface area contributed by atoms with Crippen molar-refractivity contribution < 1.29 is 27.3 Å². The summed E-state index contributed by atoms with van der Waals surface area (Å²) in [7, 11) is 0. The number of aromatic nitrogens is 5. The first kappa shape index (κ1) is 12.7. The number of hydrogen-bond acceptors (Lipinski definition) is 4. The minimum absolute atomic E-state index is 0. The third-order valence-corrected chi connectivity index (χ3v) is 1.71. The molecule has 0 fully saturated rings. The van der Waals surface area contributed by atoms with E-state index in [4.69, 9.17) is 0 Å². The van der Waals surface area contributed by atoms with Crippen LogP contribution in [0.1, 0.15) is 0 Å². The van der Waals surface area contributed by atoms with E-state index in [1.165, 1.54) is 0 Å².